The summed E-state index contributed by atoms with van der Waals surface area (Å²) in [6.45, 7) is 0.0811. The number of carbonyl (C=O) groups is 1. The van der Waals surface area contributed by atoms with Crippen molar-refractivity contribution in [1.82, 2.24) is 19.2 Å². The molecule has 0 aliphatic heterocycles. The number of benzene rings is 1. The number of furan rings is 1. The van der Waals surface area contributed by atoms with Gasteiger partial charge in [0.2, 0.25) is 5.91 Å². The van der Waals surface area contributed by atoms with Crippen LogP contribution in [0.3, 0.4) is 0 Å². The summed E-state index contributed by atoms with van der Waals surface area (Å²) in [5.41, 5.74) is 1.27. The Labute approximate surface area is 156 Å². The lowest BCUT2D eigenvalue weighted by Gasteiger charge is -2.06. The third-order valence-electron chi connectivity index (χ3n) is 3.92. The summed E-state index contributed by atoms with van der Waals surface area (Å²) in [6.07, 6.45) is 2.84. The Morgan fingerprint density at radius 2 is 2.07 bits per heavy atom. The number of carbonyl (C=O) groups excluding carboxylic acids is 1. The minimum Gasteiger partial charge on any atom is -0.467 e. The Morgan fingerprint density at radius 3 is 2.81 bits per heavy atom. The summed E-state index contributed by atoms with van der Waals surface area (Å²) < 4.78 is 24.1. The van der Waals surface area contributed by atoms with Crippen LogP contribution in [0.25, 0.3) is 21.5 Å². The minimum absolute atomic E-state index is 0.160. The smallest absolute Gasteiger partial charge is 0.273 e. The molecule has 1 N–H and O–H groups in total. The van der Waals surface area contributed by atoms with Crippen molar-refractivity contribution < 1.29 is 13.6 Å². The normalized spacial score (nSPS) is 11.0. The van der Waals surface area contributed by atoms with Crippen LogP contribution in [0.2, 0.25) is 0 Å². The van der Waals surface area contributed by atoms with Gasteiger partial charge in [-0.15, -0.1) is 0 Å². The van der Waals surface area contributed by atoms with Gasteiger partial charge in [-0.25, -0.2) is 9.37 Å². The topological polar surface area (TPSA) is 90.0 Å². The second kappa shape index (κ2) is 7.12. The van der Waals surface area contributed by atoms with Gasteiger partial charge >= 0.3 is 0 Å². The van der Waals surface area contributed by atoms with Crippen molar-refractivity contribution in [1.29, 1.82) is 0 Å². The molecule has 0 saturated carbocycles. The van der Waals surface area contributed by atoms with Crippen molar-refractivity contribution in [3.8, 4) is 11.3 Å². The highest BCUT2D eigenvalue weighted by atomic mass is 32.1. The fraction of sp³-hybridized carbons (Fsp3) is 0.111. The van der Waals surface area contributed by atoms with Crippen LogP contribution < -0.4 is 10.9 Å². The van der Waals surface area contributed by atoms with E-state index in [2.05, 4.69) is 14.7 Å². The van der Waals surface area contributed by atoms with E-state index < -0.39 is 0 Å². The Balaban J connectivity index is 1.56. The highest BCUT2D eigenvalue weighted by Gasteiger charge is 2.15. The number of amides is 1. The molecule has 0 unspecified atom stereocenters. The molecule has 0 atom stereocenters. The zero-order valence-electron chi connectivity index (χ0n) is 13.9. The molecule has 0 spiro atoms. The average molecular weight is 384 g/mol. The molecule has 0 radical (unpaired) electrons. The van der Waals surface area contributed by atoms with E-state index in [0.717, 1.165) is 11.5 Å². The van der Waals surface area contributed by atoms with Gasteiger partial charge in [0.15, 0.2) is 0 Å². The average Bonchev–Trinajstić information content (AvgIpc) is 3.33. The predicted molar refractivity (Wildman–Crippen MR) is 97.6 cm³/mol. The number of fused-ring (bicyclic) bond motifs is 1. The largest absolute Gasteiger partial charge is 0.467 e. The van der Waals surface area contributed by atoms with E-state index in [1.165, 1.54) is 29.3 Å². The van der Waals surface area contributed by atoms with E-state index in [1.807, 2.05) is 0 Å². The molecular weight excluding hydrogens is 371 g/mol. The van der Waals surface area contributed by atoms with Crippen molar-refractivity contribution in [2.45, 2.75) is 13.1 Å². The van der Waals surface area contributed by atoms with Crippen LogP contribution in [0.1, 0.15) is 5.76 Å². The number of aromatic nitrogens is 3. The maximum Gasteiger partial charge on any atom is 0.273 e. The zero-order chi connectivity index (χ0) is 18.8. The lowest BCUT2D eigenvalue weighted by atomic mass is 10.1. The number of rotatable bonds is 5. The second-order valence-corrected chi connectivity index (χ2v) is 6.52. The standard InChI is InChI=1S/C18H13FN4O3S/c19-12-5-3-11(4-6-12)15-16-17(27-22-15)18(25)23(10-21-16)9-14(24)20-8-13-2-1-7-26-13/h1-7,10H,8-9H2,(H,20,24). The van der Waals surface area contributed by atoms with Gasteiger partial charge in [-0.05, 0) is 47.9 Å². The summed E-state index contributed by atoms with van der Waals surface area (Å²) in [5, 5.41) is 2.68. The second-order valence-electron chi connectivity index (χ2n) is 5.75. The van der Waals surface area contributed by atoms with Gasteiger partial charge < -0.3 is 9.73 Å². The summed E-state index contributed by atoms with van der Waals surface area (Å²) in [6, 6.07) is 9.29. The molecule has 0 bridgehead atoms. The first-order valence-electron chi connectivity index (χ1n) is 8.01. The molecule has 0 saturated heterocycles. The van der Waals surface area contributed by atoms with Gasteiger partial charge in [0.05, 0.1) is 19.1 Å². The van der Waals surface area contributed by atoms with E-state index >= 15 is 0 Å². The molecule has 4 aromatic rings. The van der Waals surface area contributed by atoms with E-state index in [4.69, 9.17) is 4.42 Å². The van der Waals surface area contributed by atoms with Gasteiger partial charge in [-0.2, -0.15) is 4.37 Å². The molecule has 1 amide bonds. The maximum atomic E-state index is 13.1. The summed E-state index contributed by atoms with van der Waals surface area (Å²) in [7, 11) is 0. The molecule has 4 rings (SSSR count). The van der Waals surface area contributed by atoms with E-state index in [-0.39, 0.29) is 30.4 Å². The van der Waals surface area contributed by atoms with Crippen LogP contribution in [-0.2, 0) is 17.9 Å². The van der Waals surface area contributed by atoms with Gasteiger partial charge in [0.25, 0.3) is 5.56 Å². The van der Waals surface area contributed by atoms with Crippen LogP contribution in [-0.4, -0.2) is 19.8 Å². The SMILES string of the molecule is O=C(Cn1cnc2c(-c3ccc(F)cc3)nsc2c1=O)NCc1ccco1. The number of nitrogens with one attached hydrogen (secondary N) is 1. The highest BCUT2D eigenvalue weighted by molar-refractivity contribution is 7.13. The quantitative estimate of drug-likeness (QED) is 0.571. The molecule has 0 aliphatic rings. The Morgan fingerprint density at radius 1 is 1.26 bits per heavy atom. The Kier molecular flexibility index (Phi) is 4.51. The van der Waals surface area contributed by atoms with Crippen molar-refractivity contribution in [3.63, 3.8) is 0 Å². The van der Waals surface area contributed by atoms with Gasteiger partial charge in [-0.1, -0.05) is 0 Å². The molecule has 9 heteroatoms. The fourth-order valence-corrected chi connectivity index (χ4v) is 3.38. The first kappa shape index (κ1) is 17.1. The van der Waals surface area contributed by atoms with E-state index in [0.29, 0.717) is 27.2 Å². The van der Waals surface area contributed by atoms with Crippen molar-refractivity contribution in [2.24, 2.45) is 0 Å². The maximum absolute atomic E-state index is 13.1. The lowest BCUT2D eigenvalue weighted by Crippen LogP contribution is -2.31. The zero-order valence-corrected chi connectivity index (χ0v) is 14.7. The molecule has 0 fully saturated rings. The molecule has 3 aromatic heterocycles. The summed E-state index contributed by atoms with van der Waals surface area (Å²) in [4.78, 5) is 29.0. The van der Waals surface area contributed by atoms with Crippen LogP contribution in [0.5, 0.6) is 0 Å². The molecule has 3 heterocycles. The molecule has 7 nitrogen and oxygen atoms in total. The number of hydrogen-bond donors (Lipinski definition) is 1. The first-order chi connectivity index (χ1) is 13.1. The van der Waals surface area contributed by atoms with E-state index in [9.17, 15) is 14.0 Å². The van der Waals surface area contributed by atoms with Crippen LogP contribution in [0.4, 0.5) is 4.39 Å². The summed E-state index contributed by atoms with van der Waals surface area (Å²) >= 11 is 1.01. The molecule has 1 aromatic carbocycles. The third-order valence-corrected chi connectivity index (χ3v) is 4.74. The fourth-order valence-electron chi connectivity index (χ4n) is 2.57. The Hall–Kier alpha value is -3.33. The molecular formula is C18H13FN4O3S. The van der Waals surface area contributed by atoms with Crippen LogP contribution >= 0.6 is 11.5 Å². The van der Waals surface area contributed by atoms with Crippen LogP contribution in [0, 0.1) is 5.82 Å². The molecule has 27 heavy (non-hydrogen) atoms. The van der Waals surface area contributed by atoms with Crippen LogP contribution in [0.15, 0.2) is 58.2 Å². The summed E-state index contributed by atoms with van der Waals surface area (Å²) in [5.74, 6) is -0.0669. The van der Waals surface area contributed by atoms with Crippen molar-refractivity contribution >= 4 is 27.7 Å². The lowest BCUT2D eigenvalue weighted by molar-refractivity contribution is -0.122. The first-order valence-corrected chi connectivity index (χ1v) is 8.79. The van der Waals surface area contributed by atoms with Crippen molar-refractivity contribution in [3.05, 3.63) is 70.9 Å². The monoisotopic (exact) mass is 384 g/mol. The third kappa shape index (κ3) is 3.49. The minimum atomic E-state index is -0.353. The molecule has 0 aliphatic carbocycles. The van der Waals surface area contributed by atoms with Crippen molar-refractivity contribution in [2.75, 3.05) is 0 Å². The highest BCUT2D eigenvalue weighted by Crippen LogP contribution is 2.27. The number of hydrogen-bond acceptors (Lipinski definition) is 6. The predicted octanol–water partition coefficient (Wildman–Crippen LogP) is 2.57. The van der Waals surface area contributed by atoms with Gasteiger partial charge in [0.1, 0.15) is 34.0 Å². The van der Waals surface area contributed by atoms with E-state index in [1.54, 1.807) is 24.3 Å². The van der Waals surface area contributed by atoms with Gasteiger partial charge in [-0.3, -0.25) is 14.2 Å². The molecule has 136 valence electrons. The number of halogens is 1. The number of nitrogens with zero attached hydrogens (tertiary/aromatic N) is 3. The Bertz CT molecular complexity index is 1150. The van der Waals surface area contributed by atoms with Gasteiger partial charge in [0, 0.05) is 5.56 Å².